The molecule has 0 saturated carbocycles. The van der Waals surface area contributed by atoms with Crippen LogP contribution in [0.15, 0.2) is 18.2 Å². The quantitative estimate of drug-likeness (QED) is 0.871. The van der Waals surface area contributed by atoms with Crippen LogP contribution < -0.4 is 10.1 Å². The average Bonchev–Trinajstić information content (AvgIpc) is 2.64. The standard InChI is InChI=1S/C13H19NOS/c1-9-6-11(4-5-13(9)15-3)14-12-7-10(2)16-8-12/h4-6,10,12,14H,7-8H2,1-3H3. The monoisotopic (exact) mass is 237 g/mol. The van der Waals surface area contributed by atoms with E-state index in [1.54, 1.807) is 7.11 Å². The van der Waals surface area contributed by atoms with Gasteiger partial charge in [-0.1, -0.05) is 6.92 Å². The Kier molecular flexibility index (Phi) is 3.64. The highest BCUT2D eigenvalue weighted by molar-refractivity contribution is 8.00. The lowest BCUT2D eigenvalue weighted by Gasteiger charge is -2.14. The van der Waals surface area contributed by atoms with Gasteiger partial charge in [0.1, 0.15) is 5.75 Å². The number of hydrogen-bond acceptors (Lipinski definition) is 3. The molecule has 1 heterocycles. The first-order valence-electron chi connectivity index (χ1n) is 5.72. The lowest BCUT2D eigenvalue weighted by Crippen LogP contribution is -2.18. The molecule has 1 aliphatic rings. The number of ether oxygens (including phenoxy) is 1. The molecule has 0 amide bonds. The molecule has 2 unspecified atom stereocenters. The van der Waals surface area contributed by atoms with Crippen molar-refractivity contribution < 1.29 is 4.74 Å². The van der Waals surface area contributed by atoms with E-state index >= 15 is 0 Å². The van der Waals surface area contributed by atoms with E-state index in [1.807, 2.05) is 17.8 Å². The average molecular weight is 237 g/mol. The van der Waals surface area contributed by atoms with Crippen LogP contribution in [0.3, 0.4) is 0 Å². The Bertz CT molecular complexity index is 367. The van der Waals surface area contributed by atoms with E-state index in [4.69, 9.17) is 4.74 Å². The second-order valence-electron chi connectivity index (χ2n) is 4.41. The van der Waals surface area contributed by atoms with Crippen LogP contribution in [0.1, 0.15) is 18.9 Å². The summed E-state index contributed by atoms with van der Waals surface area (Å²) in [4.78, 5) is 0. The second kappa shape index (κ2) is 5.00. The maximum Gasteiger partial charge on any atom is 0.121 e. The topological polar surface area (TPSA) is 21.3 Å². The predicted octanol–water partition coefficient (Wildman–Crippen LogP) is 3.31. The molecule has 88 valence electrons. The van der Waals surface area contributed by atoms with Crippen molar-refractivity contribution in [2.24, 2.45) is 0 Å². The summed E-state index contributed by atoms with van der Waals surface area (Å²) in [6.45, 7) is 4.38. The normalized spacial score (nSPS) is 24.4. The zero-order valence-electron chi connectivity index (χ0n) is 10.1. The number of benzene rings is 1. The SMILES string of the molecule is COc1ccc(NC2CSC(C)C2)cc1C. The summed E-state index contributed by atoms with van der Waals surface area (Å²) in [6.07, 6.45) is 1.26. The summed E-state index contributed by atoms with van der Waals surface area (Å²) >= 11 is 2.05. The first-order chi connectivity index (χ1) is 7.69. The summed E-state index contributed by atoms with van der Waals surface area (Å²) in [6, 6.07) is 6.91. The van der Waals surface area contributed by atoms with Gasteiger partial charge in [0.2, 0.25) is 0 Å². The molecule has 16 heavy (non-hydrogen) atoms. The third kappa shape index (κ3) is 2.64. The first-order valence-corrected chi connectivity index (χ1v) is 6.76. The Balaban J connectivity index is 2.02. The third-order valence-electron chi connectivity index (χ3n) is 2.96. The molecule has 2 atom stereocenters. The van der Waals surface area contributed by atoms with Gasteiger partial charge in [-0.3, -0.25) is 0 Å². The summed E-state index contributed by atoms with van der Waals surface area (Å²) in [5.74, 6) is 2.17. The maximum absolute atomic E-state index is 5.26. The Morgan fingerprint density at radius 1 is 1.44 bits per heavy atom. The van der Waals surface area contributed by atoms with Gasteiger partial charge in [-0.25, -0.2) is 0 Å². The minimum absolute atomic E-state index is 0.618. The molecule has 0 radical (unpaired) electrons. The van der Waals surface area contributed by atoms with E-state index < -0.39 is 0 Å². The van der Waals surface area contributed by atoms with Gasteiger partial charge < -0.3 is 10.1 Å². The van der Waals surface area contributed by atoms with Crippen LogP contribution >= 0.6 is 11.8 Å². The smallest absolute Gasteiger partial charge is 0.121 e. The number of anilines is 1. The third-order valence-corrected chi connectivity index (χ3v) is 4.32. The van der Waals surface area contributed by atoms with Crippen molar-refractivity contribution in [3.63, 3.8) is 0 Å². The van der Waals surface area contributed by atoms with Crippen molar-refractivity contribution in [2.45, 2.75) is 31.6 Å². The number of thioether (sulfide) groups is 1. The van der Waals surface area contributed by atoms with Gasteiger partial charge in [0, 0.05) is 22.7 Å². The van der Waals surface area contributed by atoms with Gasteiger partial charge in [0.05, 0.1) is 7.11 Å². The first kappa shape index (κ1) is 11.6. The molecule has 0 bridgehead atoms. The Morgan fingerprint density at radius 2 is 2.25 bits per heavy atom. The van der Waals surface area contributed by atoms with Crippen molar-refractivity contribution in [2.75, 3.05) is 18.2 Å². The zero-order valence-corrected chi connectivity index (χ0v) is 10.9. The molecule has 0 spiro atoms. The summed E-state index contributed by atoms with van der Waals surface area (Å²) in [7, 11) is 1.71. The van der Waals surface area contributed by atoms with E-state index in [9.17, 15) is 0 Å². The lowest BCUT2D eigenvalue weighted by molar-refractivity contribution is 0.412. The van der Waals surface area contributed by atoms with Gasteiger partial charge in [0.25, 0.3) is 0 Å². The van der Waals surface area contributed by atoms with Gasteiger partial charge >= 0.3 is 0 Å². The van der Waals surface area contributed by atoms with E-state index in [2.05, 4.69) is 31.3 Å². The molecule has 3 heteroatoms. The number of methoxy groups -OCH3 is 1. The van der Waals surface area contributed by atoms with Crippen LogP contribution in [0.5, 0.6) is 5.75 Å². The molecule has 1 fully saturated rings. The number of nitrogens with one attached hydrogen (secondary N) is 1. The van der Waals surface area contributed by atoms with Gasteiger partial charge in [-0.2, -0.15) is 11.8 Å². The summed E-state index contributed by atoms with van der Waals surface area (Å²) in [5.41, 5.74) is 2.39. The van der Waals surface area contributed by atoms with Crippen molar-refractivity contribution in [3.05, 3.63) is 23.8 Å². The Hall–Kier alpha value is -0.830. The Labute approximate surface area is 102 Å². The van der Waals surface area contributed by atoms with Crippen molar-refractivity contribution in [1.29, 1.82) is 0 Å². The second-order valence-corrected chi connectivity index (χ2v) is 5.88. The van der Waals surface area contributed by atoms with Gasteiger partial charge in [-0.15, -0.1) is 0 Å². The van der Waals surface area contributed by atoms with Crippen LogP contribution in [-0.4, -0.2) is 24.2 Å². The highest BCUT2D eigenvalue weighted by atomic mass is 32.2. The van der Waals surface area contributed by atoms with E-state index in [-0.39, 0.29) is 0 Å². The predicted molar refractivity (Wildman–Crippen MR) is 71.7 cm³/mol. The van der Waals surface area contributed by atoms with Crippen LogP contribution in [0, 0.1) is 6.92 Å². The molecule has 2 rings (SSSR count). The zero-order chi connectivity index (χ0) is 11.5. The van der Waals surface area contributed by atoms with Crippen LogP contribution in [0.2, 0.25) is 0 Å². The fraction of sp³-hybridized carbons (Fsp3) is 0.538. The minimum Gasteiger partial charge on any atom is -0.496 e. The highest BCUT2D eigenvalue weighted by Gasteiger charge is 2.21. The molecular weight excluding hydrogens is 218 g/mol. The molecule has 1 saturated heterocycles. The Morgan fingerprint density at radius 3 is 2.81 bits per heavy atom. The van der Waals surface area contributed by atoms with Crippen molar-refractivity contribution in [1.82, 2.24) is 0 Å². The molecular formula is C13H19NOS. The summed E-state index contributed by atoms with van der Waals surface area (Å²) < 4.78 is 5.26. The minimum atomic E-state index is 0.618. The fourth-order valence-electron chi connectivity index (χ4n) is 2.12. The number of hydrogen-bond donors (Lipinski definition) is 1. The molecule has 0 aliphatic carbocycles. The van der Waals surface area contributed by atoms with Crippen molar-refractivity contribution >= 4 is 17.4 Å². The molecule has 1 N–H and O–H groups in total. The highest BCUT2D eigenvalue weighted by Crippen LogP contribution is 2.29. The van der Waals surface area contributed by atoms with Crippen LogP contribution in [-0.2, 0) is 0 Å². The van der Waals surface area contributed by atoms with E-state index in [0.717, 1.165) is 11.0 Å². The largest absolute Gasteiger partial charge is 0.496 e. The lowest BCUT2D eigenvalue weighted by atomic mass is 10.1. The van der Waals surface area contributed by atoms with Crippen molar-refractivity contribution in [3.8, 4) is 5.75 Å². The van der Waals surface area contributed by atoms with E-state index in [0.29, 0.717) is 6.04 Å². The molecule has 1 aromatic carbocycles. The molecule has 2 nitrogen and oxygen atoms in total. The van der Waals surface area contributed by atoms with Crippen LogP contribution in [0.25, 0.3) is 0 Å². The van der Waals surface area contributed by atoms with Crippen LogP contribution in [0.4, 0.5) is 5.69 Å². The molecule has 1 aliphatic heterocycles. The maximum atomic E-state index is 5.26. The molecule has 1 aromatic rings. The molecule has 0 aromatic heterocycles. The van der Waals surface area contributed by atoms with Gasteiger partial charge in [-0.05, 0) is 37.1 Å². The summed E-state index contributed by atoms with van der Waals surface area (Å²) in [5, 5.41) is 4.38. The fourth-order valence-corrected chi connectivity index (χ4v) is 3.27. The van der Waals surface area contributed by atoms with Gasteiger partial charge in [0.15, 0.2) is 0 Å². The number of aryl methyl sites for hydroxylation is 1. The number of rotatable bonds is 3. The van der Waals surface area contributed by atoms with E-state index in [1.165, 1.54) is 23.4 Å².